The first-order valence-electron chi connectivity index (χ1n) is 7.67. The van der Waals surface area contributed by atoms with Crippen molar-refractivity contribution in [1.82, 2.24) is 15.2 Å². The van der Waals surface area contributed by atoms with Gasteiger partial charge in [-0.05, 0) is 53.3 Å². The molecule has 0 radical (unpaired) electrons. The molecule has 1 saturated heterocycles. The van der Waals surface area contributed by atoms with Gasteiger partial charge in [-0.3, -0.25) is 20.2 Å². The topological polar surface area (TPSA) is 63.1 Å². The van der Waals surface area contributed by atoms with E-state index in [1.165, 1.54) is 0 Å². The largest absolute Gasteiger partial charge is 0.317 e. The van der Waals surface area contributed by atoms with E-state index in [9.17, 15) is 9.59 Å². The molecule has 5 nitrogen and oxygen atoms in total. The Morgan fingerprint density at radius 1 is 0.880 bits per heavy atom. The molecule has 1 aliphatic heterocycles. The number of aromatic nitrogens is 1. The molecule has 0 saturated carbocycles. The predicted octanol–water partition coefficient (Wildman–Crippen LogP) is 2.54. The molecule has 2 aromatic carbocycles. The monoisotopic (exact) mass is 347 g/mol. The van der Waals surface area contributed by atoms with E-state index in [2.05, 4.69) is 22.8 Å². The zero-order valence-electron chi connectivity index (χ0n) is 13.0. The minimum absolute atomic E-state index is 0.0225. The van der Waals surface area contributed by atoms with Gasteiger partial charge in [-0.25, -0.2) is 0 Å². The Hall–Kier alpha value is -3.25. The molecular formula is C19H13N3O2S. The molecule has 1 fully saturated rings. The summed E-state index contributed by atoms with van der Waals surface area (Å²) in [6, 6.07) is 17.9. The number of fused-ring (bicyclic) bond motifs is 1. The first-order valence-corrected chi connectivity index (χ1v) is 8.07. The molecule has 0 spiro atoms. The van der Waals surface area contributed by atoms with E-state index in [1.54, 1.807) is 6.08 Å². The summed E-state index contributed by atoms with van der Waals surface area (Å²) in [5.41, 5.74) is 1.69. The minimum Gasteiger partial charge on any atom is -0.317 e. The number of carbonyl (C=O) groups is 2. The summed E-state index contributed by atoms with van der Waals surface area (Å²) in [6.45, 7) is 0. The molecular weight excluding hydrogens is 334 g/mol. The quantitative estimate of drug-likeness (QED) is 0.425. The second kappa shape index (κ2) is 5.99. The Balaban J connectivity index is 1.77. The van der Waals surface area contributed by atoms with Crippen LogP contribution in [0.2, 0.25) is 0 Å². The van der Waals surface area contributed by atoms with Crippen molar-refractivity contribution < 1.29 is 9.59 Å². The lowest BCUT2D eigenvalue weighted by atomic mass is 10.1. The molecule has 0 atom stereocenters. The lowest BCUT2D eigenvalue weighted by Crippen LogP contribution is -2.51. The summed E-state index contributed by atoms with van der Waals surface area (Å²) >= 11 is 4.81. The number of hydrogen-bond acceptors (Lipinski definition) is 3. The van der Waals surface area contributed by atoms with E-state index in [0.29, 0.717) is 0 Å². The van der Waals surface area contributed by atoms with E-state index in [1.807, 2.05) is 53.2 Å². The van der Waals surface area contributed by atoms with Gasteiger partial charge in [0.1, 0.15) is 5.57 Å². The molecule has 25 heavy (non-hydrogen) atoms. The van der Waals surface area contributed by atoms with Crippen LogP contribution < -0.4 is 10.6 Å². The normalized spacial score (nSPS) is 14.4. The van der Waals surface area contributed by atoms with Crippen LogP contribution in [0.3, 0.4) is 0 Å². The van der Waals surface area contributed by atoms with Crippen LogP contribution in [0.15, 0.2) is 66.4 Å². The van der Waals surface area contributed by atoms with Gasteiger partial charge in [-0.2, -0.15) is 0 Å². The molecule has 6 heteroatoms. The van der Waals surface area contributed by atoms with Crippen LogP contribution in [0.1, 0.15) is 5.69 Å². The number of rotatable bonds is 2. The maximum Gasteiger partial charge on any atom is 0.263 e. The van der Waals surface area contributed by atoms with Gasteiger partial charge in [-0.1, -0.05) is 30.3 Å². The minimum atomic E-state index is -0.500. The lowest BCUT2D eigenvalue weighted by molar-refractivity contribution is -0.123. The second-order valence-corrected chi connectivity index (χ2v) is 6.04. The maximum absolute atomic E-state index is 12.0. The summed E-state index contributed by atoms with van der Waals surface area (Å²) in [6.07, 6.45) is 3.45. The van der Waals surface area contributed by atoms with Crippen LogP contribution in [0.25, 0.3) is 22.5 Å². The first kappa shape index (κ1) is 15.3. The highest BCUT2D eigenvalue weighted by Gasteiger charge is 2.26. The van der Waals surface area contributed by atoms with E-state index in [0.717, 1.165) is 22.2 Å². The molecule has 0 aliphatic carbocycles. The number of amides is 2. The Kier molecular flexibility index (Phi) is 3.66. The SMILES string of the molecule is O=C1NC(=S)NC(=O)C1=Cc1cccn1-c1ccc2ccccc2c1. The van der Waals surface area contributed by atoms with E-state index in [4.69, 9.17) is 12.2 Å². The highest BCUT2D eigenvalue weighted by Crippen LogP contribution is 2.21. The number of benzene rings is 2. The van der Waals surface area contributed by atoms with Gasteiger partial charge in [-0.15, -0.1) is 0 Å². The molecule has 2 N–H and O–H groups in total. The van der Waals surface area contributed by atoms with Crippen molar-refractivity contribution in [2.24, 2.45) is 0 Å². The molecule has 1 aromatic heterocycles. The number of nitrogens with one attached hydrogen (secondary N) is 2. The summed E-state index contributed by atoms with van der Waals surface area (Å²) < 4.78 is 1.92. The Labute approximate surface area is 149 Å². The number of thiocarbonyl (C=S) groups is 1. The number of hydrogen-bond donors (Lipinski definition) is 2. The smallest absolute Gasteiger partial charge is 0.263 e. The summed E-state index contributed by atoms with van der Waals surface area (Å²) in [7, 11) is 0. The standard InChI is InChI=1S/C19H13N3O2S/c23-17-16(18(24)21-19(25)20-17)11-14-6-3-9-22(14)15-8-7-12-4-1-2-5-13(12)10-15/h1-11H,(H2,20,21,23,24,25). The van der Waals surface area contributed by atoms with Crippen molar-refractivity contribution in [3.8, 4) is 5.69 Å². The van der Waals surface area contributed by atoms with Crippen LogP contribution in [0.5, 0.6) is 0 Å². The third-order valence-corrected chi connectivity index (χ3v) is 4.23. The van der Waals surface area contributed by atoms with Crippen molar-refractivity contribution in [3.63, 3.8) is 0 Å². The van der Waals surface area contributed by atoms with Gasteiger partial charge in [0.05, 0.1) is 0 Å². The highest BCUT2D eigenvalue weighted by atomic mass is 32.1. The van der Waals surface area contributed by atoms with Crippen molar-refractivity contribution in [2.45, 2.75) is 0 Å². The van der Waals surface area contributed by atoms with Gasteiger partial charge < -0.3 is 4.57 Å². The van der Waals surface area contributed by atoms with Crippen LogP contribution in [-0.4, -0.2) is 21.5 Å². The third-order valence-electron chi connectivity index (χ3n) is 4.03. The third kappa shape index (κ3) is 2.83. The lowest BCUT2D eigenvalue weighted by Gasteiger charge is -2.16. The molecule has 2 amide bonds. The van der Waals surface area contributed by atoms with E-state index < -0.39 is 11.8 Å². The Morgan fingerprint density at radius 3 is 2.36 bits per heavy atom. The van der Waals surface area contributed by atoms with Crippen LogP contribution in [0.4, 0.5) is 0 Å². The zero-order chi connectivity index (χ0) is 17.4. The average Bonchev–Trinajstić information content (AvgIpc) is 3.06. The highest BCUT2D eigenvalue weighted by molar-refractivity contribution is 7.80. The molecule has 122 valence electrons. The van der Waals surface area contributed by atoms with E-state index in [-0.39, 0.29) is 10.7 Å². The van der Waals surface area contributed by atoms with Crippen molar-refractivity contribution in [2.75, 3.05) is 0 Å². The second-order valence-electron chi connectivity index (χ2n) is 5.63. The Bertz CT molecular complexity index is 1040. The van der Waals surface area contributed by atoms with Crippen molar-refractivity contribution in [1.29, 1.82) is 0 Å². The first-order chi connectivity index (χ1) is 12.1. The molecule has 0 unspecified atom stereocenters. The summed E-state index contributed by atoms with van der Waals surface area (Å²) in [5.74, 6) is -1.000. The molecule has 4 rings (SSSR count). The fourth-order valence-corrected chi connectivity index (χ4v) is 3.01. The van der Waals surface area contributed by atoms with Crippen molar-refractivity contribution in [3.05, 3.63) is 72.1 Å². The fourth-order valence-electron chi connectivity index (χ4n) is 2.83. The Morgan fingerprint density at radius 2 is 1.60 bits per heavy atom. The van der Waals surface area contributed by atoms with E-state index >= 15 is 0 Å². The molecule has 3 aromatic rings. The number of nitrogens with zero attached hydrogens (tertiary/aromatic N) is 1. The zero-order valence-corrected chi connectivity index (χ0v) is 13.8. The van der Waals surface area contributed by atoms with Gasteiger partial charge in [0.25, 0.3) is 11.8 Å². The van der Waals surface area contributed by atoms with Crippen LogP contribution >= 0.6 is 12.2 Å². The maximum atomic E-state index is 12.0. The summed E-state index contributed by atoms with van der Waals surface area (Å²) in [4.78, 5) is 24.1. The predicted molar refractivity (Wildman–Crippen MR) is 100 cm³/mol. The van der Waals surface area contributed by atoms with Gasteiger partial charge in [0.15, 0.2) is 5.11 Å². The van der Waals surface area contributed by atoms with Crippen molar-refractivity contribution >= 4 is 46.0 Å². The molecule has 0 bridgehead atoms. The fraction of sp³-hybridized carbons (Fsp3) is 0. The van der Waals surface area contributed by atoms with Crippen LogP contribution in [-0.2, 0) is 9.59 Å². The van der Waals surface area contributed by atoms with Crippen LogP contribution in [0, 0.1) is 0 Å². The van der Waals surface area contributed by atoms with Gasteiger partial charge >= 0.3 is 0 Å². The summed E-state index contributed by atoms with van der Waals surface area (Å²) in [5, 5.41) is 7.17. The van der Waals surface area contributed by atoms with Gasteiger partial charge in [0.2, 0.25) is 0 Å². The average molecular weight is 347 g/mol. The molecule has 2 heterocycles. The van der Waals surface area contributed by atoms with Gasteiger partial charge in [0, 0.05) is 17.6 Å². The number of carbonyl (C=O) groups excluding carboxylic acids is 2. The molecule has 1 aliphatic rings.